The third-order valence-corrected chi connectivity index (χ3v) is 7.99. The highest BCUT2D eigenvalue weighted by Gasteiger charge is 2.27. The van der Waals surface area contributed by atoms with Crippen molar-refractivity contribution < 1.29 is 0 Å². The van der Waals surface area contributed by atoms with Gasteiger partial charge >= 0.3 is 0 Å². The van der Waals surface area contributed by atoms with Crippen molar-refractivity contribution in [1.82, 2.24) is 19.4 Å². The number of nitrogens with zero attached hydrogens (tertiary/aromatic N) is 4. The molecule has 0 atom stereocenters. The predicted molar refractivity (Wildman–Crippen MR) is 140 cm³/mol. The Kier molecular flexibility index (Phi) is 3.11. The van der Waals surface area contributed by atoms with Gasteiger partial charge < -0.3 is 0 Å². The van der Waals surface area contributed by atoms with Crippen molar-refractivity contribution >= 4 is 38.4 Å². The Morgan fingerprint density at radius 3 is 2.49 bits per heavy atom. The third-order valence-electron chi connectivity index (χ3n) is 7.99. The van der Waals surface area contributed by atoms with Gasteiger partial charge in [0.15, 0.2) is 0 Å². The van der Waals surface area contributed by atoms with Crippen molar-refractivity contribution in [2.45, 2.75) is 12.8 Å². The van der Waals surface area contributed by atoms with Gasteiger partial charge in [0.25, 0.3) is 0 Å². The van der Waals surface area contributed by atoms with Gasteiger partial charge in [-0.1, -0.05) is 36.4 Å². The van der Waals surface area contributed by atoms with Crippen LogP contribution in [0.3, 0.4) is 0 Å². The highest BCUT2D eigenvalue weighted by molar-refractivity contribution is 6.17. The van der Waals surface area contributed by atoms with E-state index in [4.69, 9.17) is 4.98 Å². The molecular formula is C31H18N4. The summed E-state index contributed by atoms with van der Waals surface area (Å²) in [6, 6.07) is 22.3. The van der Waals surface area contributed by atoms with Gasteiger partial charge in [-0.3, -0.25) is 14.4 Å². The number of hydrogen-bond acceptors (Lipinski definition) is 3. The van der Waals surface area contributed by atoms with Crippen molar-refractivity contribution in [2.24, 2.45) is 0 Å². The van der Waals surface area contributed by atoms with Crippen LogP contribution in [-0.4, -0.2) is 19.4 Å². The summed E-state index contributed by atoms with van der Waals surface area (Å²) in [5, 5.41) is 3.62. The molecule has 0 bridgehead atoms. The molecule has 0 amide bonds. The van der Waals surface area contributed by atoms with Crippen LogP contribution in [0.15, 0.2) is 85.5 Å². The molecule has 4 heteroatoms. The van der Waals surface area contributed by atoms with E-state index in [0.717, 1.165) is 35.0 Å². The second kappa shape index (κ2) is 6.10. The van der Waals surface area contributed by atoms with Gasteiger partial charge in [0, 0.05) is 34.7 Å². The largest absolute Gasteiger partial charge is 0.290 e. The molecular weight excluding hydrogens is 428 g/mol. The van der Waals surface area contributed by atoms with E-state index in [1.807, 2.05) is 30.9 Å². The van der Waals surface area contributed by atoms with Crippen LogP contribution < -0.4 is 0 Å². The lowest BCUT2D eigenvalue weighted by Crippen LogP contribution is -1.95. The maximum atomic E-state index is 5.05. The lowest BCUT2D eigenvalue weighted by Gasteiger charge is -2.12. The minimum atomic E-state index is 0.938. The summed E-state index contributed by atoms with van der Waals surface area (Å²) in [6.07, 6.45) is 9.57. The van der Waals surface area contributed by atoms with Crippen LogP contribution in [0.5, 0.6) is 0 Å². The van der Waals surface area contributed by atoms with E-state index in [-0.39, 0.29) is 0 Å². The molecule has 162 valence electrons. The molecule has 0 fully saturated rings. The van der Waals surface area contributed by atoms with Gasteiger partial charge in [-0.25, -0.2) is 4.98 Å². The van der Waals surface area contributed by atoms with Gasteiger partial charge in [-0.15, -0.1) is 0 Å². The van der Waals surface area contributed by atoms with Crippen molar-refractivity contribution in [2.75, 3.05) is 0 Å². The van der Waals surface area contributed by atoms with Crippen molar-refractivity contribution in [3.8, 4) is 22.3 Å². The highest BCUT2D eigenvalue weighted by Crippen LogP contribution is 2.48. The summed E-state index contributed by atoms with van der Waals surface area (Å²) in [6.45, 7) is 0. The molecule has 0 unspecified atom stereocenters. The first-order chi connectivity index (χ1) is 17.3. The molecule has 0 saturated carbocycles. The first kappa shape index (κ1) is 17.8. The SMILES string of the molecule is c1ccc2c(c1)Cc1cc3c(cc1-2)-c1ccc2c(c1C3)c1cnccc1n1c3cnccc3nc21. The van der Waals surface area contributed by atoms with E-state index in [2.05, 4.69) is 69.0 Å². The van der Waals surface area contributed by atoms with Crippen molar-refractivity contribution in [3.63, 3.8) is 0 Å². The standard InChI is InChI=1S/C31H18N4/c1-2-4-20-17(3-1)11-18-12-19-13-25-21(24(19)14-23(18)20)5-6-22-30(25)26-15-32-10-8-28(26)35-29-16-33-9-7-27(29)34-31(22)35/h1-10,12,14-16H,11,13H2. The molecule has 4 aromatic heterocycles. The zero-order chi connectivity index (χ0) is 22.7. The summed E-state index contributed by atoms with van der Waals surface area (Å²) in [7, 11) is 0. The predicted octanol–water partition coefficient (Wildman–Crippen LogP) is 6.73. The van der Waals surface area contributed by atoms with Crippen LogP contribution in [-0.2, 0) is 12.8 Å². The zero-order valence-electron chi connectivity index (χ0n) is 18.8. The summed E-state index contributed by atoms with van der Waals surface area (Å²) in [5.74, 6) is 0. The molecule has 9 rings (SSSR count). The molecule has 0 radical (unpaired) electrons. The van der Waals surface area contributed by atoms with Crippen LogP contribution in [0.1, 0.15) is 22.3 Å². The molecule has 4 heterocycles. The second-order valence-corrected chi connectivity index (χ2v) is 9.72. The Morgan fingerprint density at radius 1 is 0.629 bits per heavy atom. The van der Waals surface area contributed by atoms with E-state index in [0.29, 0.717) is 0 Å². The summed E-state index contributed by atoms with van der Waals surface area (Å²) < 4.78 is 2.24. The van der Waals surface area contributed by atoms with Crippen LogP contribution in [0.2, 0.25) is 0 Å². The van der Waals surface area contributed by atoms with Gasteiger partial charge in [0.2, 0.25) is 0 Å². The minimum Gasteiger partial charge on any atom is -0.290 e. The number of pyridine rings is 3. The smallest absolute Gasteiger partial charge is 0.146 e. The lowest BCUT2D eigenvalue weighted by molar-refractivity contribution is 1.22. The van der Waals surface area contributed by atoms with E-state index < -0.39 is 0 Å². The van der Waals surface area contributed by atoms with Gasteiger partial charge in [-0.2, -0.15) is 0 Å². The van der Waals surface area contributed by atoms with Gasteiger partial charge in [0.1, 0.15) is 5.65 Å². The van der Waals surface area contributed by atoms with Crippen molar-refractivity contribution in [3.05, 3.63) is 108 Å². The van der Waals surface area contributed by atoms with Crippen LogP contribution in [0, 0.1) is 0 Å². The fraction of sp³-hybridized carbons (Fsp3) is 0.0645. The molecule has 0 N–H and O–H groups in total. The molecule has 0 aliphatic heterocycles. The Bertz CT molecular complexity index is 2070. The Balaban J connectivity index is 1.40. The van der Waals surface area contributed by atoms with E-state index in [9.17, 15) is 0 Å². The molecule has 2 aliphatic carbocycles. The number of benzene rings is 3. The quantitative estimate of drug-likeness (QED) is 0.243. The number of aromatic nitrogens is 4. The van der Waals surface area contributed by atoms with Crippen LogP contribution in [0.25, 0.3) is 60.6 Å². The number of hydrogen-bond donors (Lipinski definition) is 0. The monoisotopic (exact) mass is 446 g/mol. The van der Waals surface area contributed by atoms with Gasteiger partial charge in [0.05, 0.1) is 22.7 Å². The Labute approximate surface area is 200 Å². The molecule has 35 heavy (non-hydrogen) atoms. The third kappa shape index (κ3) is 2.15. The molecule has 7 aromatic rings. The molecule has 0 spiro atoms. The lowest BCUT2D eigenvalue weighted by atomic mass is 9.96. The fourth-order valence-electron chi connectivity index (χ4n) is 6.52. The van der Waals surface area contributed by atoms with E-state index in [1.165, 1.54) is 60.7 Å². The fourth-order valence-corrected chi connectivity index (χ4v) is 6.52. The maximum Gasteiger partial charge on any atom is 0.146 e. The van der Waals surface area contributed by atoms with Crippen molar-refractivity contribution in [1.29, 1.82) is 0 Å². The van der Waals surface area contributed by atoms with Gasteiger partial charge in [-0.05, 0) is 81.6 Å². The summed E-state index contributed by atoms with van der Waals surface area (Å²) >= 11 is 0. The van der Waals surface area contributed by atoms with Crippen LogP contribution >= 0.6 is 0 Å². The maximum absolute atomic E-state index is 5.05. The highest BCUT2D eigenvalue weighted by atomic mass is 15.0. The number of rotatable bonds is 0. The summed E-state index contributed by atoms with van der Waals surface area (Å²) in [5.41, 5.74) is 15.3. The Morgan fingerprint density at radius 2 is 1.49 bits per heavy atom. The van der Waals surface area contributed by atoms with E-state index >= 15 is 0 Å². The average molecular weight is 447 g/mol. The second-order valence-electron chi connectivity index (χ2n) is 9.72. The first-order valence-corrected chi connectivity index (χ1v) is 12.0. The first-order valence-electron chi connectivity index (χ1n) is 12.0. The zero-order valence-corrected chi connectivity index (χ0v) is 18.8. The van der Waals surface area contributed by atoms with Crippen LogP contribution in [0.4, 0.5) is 0 Å². The molecule has 0 saturated heterocycles. The molecule has 4 nitrogen and oxygen atoms in total. The minimum absolute atomic E-state index is 0.938. The average Bonchev–Trinajstić information content (AvgIpc) is 3.58. The molecule has 3 aromatic carbocycles. The van der Waals surface area contributed by atoms with E-state index in [1.54, 1.807) is 0 Å². The number of fused-ring (bicyclic) bond motifs is 15. The Hall–Kier alpha value is -4.57. The normalized spacial score (nSPS) is 13.5. The summed E-state index contributed by atoms with van der Waals surface area (Å²) in [4.78, 5) is 14.0. The topological polar surface area (TPSA) is 43.1 Å². The molecule has 2 aliphatic rings. The number of imidazole rings is 1.